The van der Waals surface area contributed by atoms with E-state index in [0.717, 1.165) is 15.6 Å². The van der Waals surface area contributed by atoms with E-state index >= 15 is 0 Å². The Labute approximate surface area is 131 Å². The van der Waals surface area contributed by atoms with Gasteiger partial charge in [0.1, 0.15) is 11.5 Å². The summed E-state index contributed by atoms with van der Waals surface area (Å²) in [4.78, 5) is 0.0506. The van der Waals surface area contributed by atoms with E-state index in [1.165, 1.54) is 12.1 Å². The Bertz CT molecular complexity index is 717. The molecule has 0 aliphatic rings. The largest absolute Gasteiger partial charge is 0.457 e. The molecule has 0 unspecified atom stereocenters. The molecular weight excluding hydrogens is 364 g/mol. The van der Waals surface area contributed by atoms with Crippen molar-refractivity contribution in [1.29, 1.82) is 0 Å². The van der Waals surface area contributed by atoms with Gasteiger partial charge in [0.2, 0.25) is 0 Å². The lowest BCUT2D eigenvalue weighted by atomic mass is 10.1. The van der Waals surface area contributed by atoms with Crippen molar-refractivity contribution in [2.45, 2.75) is 18.7 Å². The Morgan fingerprint density at radius 2 is 1.50 bits per heavy atom. The average molecular weight is 376 g/mol. The summed E-state index contributed by atoms with van der Waals surface area (Å²) in [5, 5.41) is 0. The number of ether oxygens (including phenoxy) is 1. The van der Waals surface area contributed by atoms with Gasteiger partial charge in [0.25, 0.3) is 9.05 Å². The summed E-state index contributed by atoms with van der Waals surface area (Å²) in [5.74, 6) is 1.25. The highest BCUT2D eigenvalue weighted by atomic mass is 79.9. The lowest BCUT2D eigenvalue weighted by Crippen LogP contribution is -1.91. The van der Waals surface area contributed by atoms with Crippen molar-refractivity contribution in [2.24, 2.45) is 0 Å². The zero-order valence-electron chi connectivity index (χ0n) is 10.9. The van der Waals surface area contributed by atoms with Gasteiger partial charge in [-0.2, -0.15) is 0 Å². The molecule has 0 saturated carbocycles. The summed E-state index contributed by atoms with van der Waals surface area (Å²) in [6.45, 7) is 3.96. The molecule has 106 valence electrons. The third kappa shape index (κ3) is 3.53. The standard InChI is InChI=1S/C14H12BrClO3S/c1-9-7-12(8-10(2)14(9)15)19-11-3-5-13(6-4-11)20(16,17)18/h3-8H,1-2H3. The molecule has 0 N–H and O–H groups in total. The molecule has 6 heteroatoms. The molecule has 20 heavy (non-hydrogen) atoms. The monoisotopic (exact) mass is 374 g/mol. The molecule has 3 nitrogen and oxygen atoms in total. The maximum Gasteiger partial charge on any atom is 0.261 e. The number of benzene rings is 2. The van der Waals surface area contributed by atoms with E-state index in [1.54, 1.807) is 12.1 Å². The molecule has 0 aliphatic carbocycles. The molecule has 0 atom stereocenters. The molecular formula is C14H12BrClO3S. The maximum atomic E-state index is 11.1. The first-order valence-corrected chi connectivity index (χ1v) is 8.87. The van der Waals surface area contributed by atoms with Gasteiger partial charge < -0.3 is 4.74 Å². The lowest BCUT2D eigenvalue weighted by molar-refractivity contribution is 0.481. The Balaban J connectivity index is 2.27. The van der Waals surface area contributed by atoms with Crippen molar-refractivity contribution in [1.82, 2.24) is 0 Å². The highest BCUT2D eigenvalue weighted by Gasteiger charge is 2.10. The van der Waals surface area contributed by atoms with Crippen LogP contribution in [-0.4, -0.2) is 8.42 Å². The van der Waals surface area contributed by atoms with Crippen LogP contribution >= 0.6 is 26.6 Å². The summed E-state index contributed by atoms with van der Waals surface area (Å²) < 4.78 is 29.1. The minimum atomic E-state index is -3.70. The number of halogens is 2. The molecule has 0 aromatic heterocycles. The zero-order valence-corrected chi connectivity index (χ0v) is 14.0. The zero-order chi connectivity index (χ0) is 14.9. The number of aryl methyl sites for hydroxylation is 2. The number of hydrogen-bond acceptors (Lipinski definition) is 3. The second kappa shape index (κ2) is 5.76. The highest BCUT2D eigenvalue weighted by Crippen LogP contribution is 2.30. The van der Waals surface area contributed by atoms with Gasteiger partial charge >= 0.3 is 0 Å². The smallest absolute Gasteiger partial charge is 0.261 e. The van der Waals surface area contributed by atoms with Gasteiger partial charge in [0, 0.05) is 15.2 Å². The van der Waals surface area contributed by atoms with Crippen molar-refractivity contribution in [3.8, 4) is 11.5 Å². The summed E-state index contributed by atoms with van der Waals surface area (Å²) in [5.41, 5.74) is 2.14. The van der Waals surface area contributed by atoms with Crippen LogP contribution in [0.5, 0.6) is 11.5 Å². The van der Waals surface area contributed by atoms with Crippen LogP contribution in [0.4, 0.5) is 0 Å². The van der Waals surface area contributed by atoms with Crippen molar-refractivity contribution >= 4 is 35.7 Å². The quantitative estimate of drug-likeness (QED) is 0.725. The fraction of sp³-hybridized carbons (Fsp3) is 0.143. The third-order valence-electron chi connectivity index (χ3n) is 2.75. The van der Waals surface area contributed by atoms with Crippen molar-refractivity contribution in [3.63, 3.8) is 0 Å². The first kappa shape index (κ1) is 15.4. The molecule has 2 aromatic carbocycles. The van der Waals surface area contributed by atoms with Crippen LogP contribution in [0.1, 0.15) is 11.1 Å². The van der Waals surface area contributed by atoms with E-state index in [1.807, 2.05) is 26.0 Å². The van der Waals surface area contributed by atoms with Crippen molar-refractivity contribution < 1.29 is 13.2 Å². The SMILES string of the molecule is Cc1cc(Oc2ccc(S(=O)(=O)Cl)cc2)cc(C)c1Br. The fourth-order valence-corrected chi connectivity index (χ4v) is 2.77. The Hall–Kier alpha value is -1.04. The Morgan fingerprint density at radius 1 is 1.00 bits per heavy atom. The minimum absolute atomic E-state index is 0.0506. The average Bonchev–Trinajstić information content (AvgIpc) is 2.35. The predicted molar refractivity (Wildman–Crippen MR) is 83.2 cm³/mol. The van der Waals surface area contributed by atoms with Crippen LogP contribution in [0, 0.1) is 13.8 Å². The first-order valence-electron chi connectivity index (χ1n) is 5.77. The van der Waals surface area contributed by atoms with E-state index in [4.69, 9.17) is 15.4 Å². The van der Waals surface area contributed by atoms with Crippen LogP contribution in [0.25, 0.3) is 0 Å². The molecule has 2 aromatic rings. The maximum absolute atomic E-state index is 11.1. The summed E-state index contributed by atoms with van der Waals surface area (Å²) in [6.07, 6.45) is 0. The number of rotatable bonds is 3. The molecule has 0 radical (unpaired) electrons. The Kier molecular flexibility index (Phi) is 4.42. The predicted octanol–water partition coefficient (Wildman–Crippen LogP) is 4.79. The normalized spacial score (nSPS) is 11.4. The molecule has 0 fully saturated rings. The van der Waals surface area contributed by atoms with E-state index in [-0.39, 0.29) is 4.90 Å². The van der Waals surface area contributed by atoms with E-state index in [2.05, 4.69) is 15.9 Å². The van der Waals surface area contributed by atoms with Crippen LogP contribution in [0.3, 0.4) is 0 Å². The van der Waals surface area contributed by atoms with Crippen molar-refractivity contribution in [2.75, 3.05) is 0 Å². The fourth-order valence-electron chi connectivity index (χ4n) is 1.77. The second-order valence-electron chi connectivity index (χ2n) is 4.38. The third-order valence-corrected chi connectivity index (χ3v) is 5.37. The van der Waals surface area contributed by atoms with Crippen LogP contribution < -0.4 is 4.74 Å². The van der Waals surface area contributed by atoms with Crippen LogP contribution in [-0.2, 0) is 9.05 Å². The molecule has 0 bridgehead atoms. The minimum Gasteiger partial charge on any atom is -0.457 e. The summed E-state index contributed by atoms with van der Waals surface area (Å²) in [6, 6.07) is 9.78. The van der Waals surface area contributed by atoms with Gasteiger partial charge in [-0.25, -0.2) is 8.42 Å². The van der Waals surface area contributed by atoms with Gasteiger partial charge in [-0.3, -0.25) is 0 Å². The topological polar surface area (TPSA) is 43.4 Å². The van der Waals surface area contributed by atoms with E-state index in [0.29, 0.717) is 11.5 Å². The lowest BCUT2D eigenvalue weighted by Gasteiger charge is -2.10. The van der Waals surface area contributed by atoms with Crippen molar-refractivity contribution in [3.05, 3.63) is 52.0 Å². The highest BCUT2D eigenvalue weighted by molar-refractivity contribution is 9.10. The van der Waals surface area contributed by atoms with Gasteiger partial charge in [0.05, 0.1) is 4.90 Å². The van der Waals surface area contributed by atoms with Gasteiger partial charge in [-0.15, -0.1) is 0 Å². The summed E-state index contributed by atoms with van der Waals surface area (Å²) in [7, 11) is 1.56. The van der Waals surface area contributed by atoms with Gasteiger partial charge in [-0.05, 0) is 61.4 Å². The van der Waals surface area contributed by atoms with Gasteiger partial charge in [0.15, 0.2) is 0 Å². The molecule has 0 aliphatic heterocycles. The van der Waals surface area contributed by atoms with Crippen LogP contribution in [0.2, 0.25) is 0 Å². The van der Waals surface area contributed by atoms with Crippen LogP contribution in [0.15, 0.2) is 45.8 Å². The molecule has 0 spiro atoms. The van der Waals surface area contributed by atoms with Gasteiger partial charge in [-0.1, -0.05) is 15.9 Å². The summed E-state index contributed by atoms with van der Waals surface area (Å²) >= 11 is 3.49. The molecule has 0 amide bonds. The Morgan fingerprint density at radius 3 is 1.95 bits per heavy atom. The number of hydrogen-bond donors (Lipinski definition) is 0. The molecule has 2 rings (SSSR count). The first-order chi connectivity index (χ1) is 9.27. The van der Waals surface area contributed by atoms with E-state index in [9.17, 15) is 8.42 Å². The van der Waals surface area contributed by atoms with E-state index < -0.39 is 9.05 Å². The molecule has 0 heterocycles. The molecule has 0 saturated heterocycles. The second-order valence-corrected chi connectivity index (χ2v) is 7.74.